The number of carbonyl (C=O) groups excluding carboxylic acids is 1. The second-order valence-electron chi connectivity index (χ2n) is 4.29. The Kier molecular flexibility index (Phi) is 14.0. The van der Waals surface area contributed by atoms with Gasteiger partial charge in [0.05, 0.1) is 0 Å². The third-order valence-corrected chi connectivity index (χ3v) is 2.68. The first-order valence-corrected chi connectivity index (χ1v) is 6.90. The molecule has 98 valence electrons. The van der Waals surface area contributed by atoms with Gasteiger partial charge in [-0.05, 0) is 12.8 Å². The number of rotatable bonds is 12. The van der Waals surface area contributed by atoms with E-state index in [1.54, 1.807) is 0 Å². The van der Waals surface area contributed by atoms with Gasteiger partial charge in [0.15, 0.2) is 0 Å². The van der Waals surface area contributed by atoms with Crippen molar-refractivity contribution in [2.75, 3.05) is 6.54 Å². The van der Waals surface area contributed by atoms with Crippen molar-refractivity contribution in [1.29, 1.82) is 0 Å². The summed E-state index contributed by atoms with van der Waals surface area (Å²) in [6.45, 7) is 2.87. The van der Waals surface area contributed by atoms with Crippen LogP contribution in [0.5, 0.6) is 0 Å². The lowest BCUT2D eigenvalue weighted by Gasteiger charge is -1.98. The maximum Gasteiger partial charge on any atom is 0.207 e. The molecule has 0 rings (SSSR count). The lowest BCUT2D eigenvalue weighted by Crippen LogP contribution is -2.08. The van der Waals surface area contributed by atoms with E-state index in [1.807, 2.05) is 12.2 Å². The molecule has 17 heavy (non-hydrogen) atoms. The molecule has 1 amide bonds. The van der Waals surface area contributed by atoms with Crippen molar-refractivity contribution in [1.82, 2.24) is 5.32 Å². The van der Waals surface area contributed by atoms with Gasteiger partial charge in [0, 0.05) is 6.54 Å². The van der Waals surface area contributed by atoms with Crippen LogP contribution < -0.4 is 5.32 Å². The molecule has 0 bridgehead atoms. The normalized spacial score (nSPS) is 11.4. The molecular weight excluding hydrogens is 210 g/mol. The van der Waals surface area contributed by atoms with E-state index in [0.29, 0.717) is 13.0 Å². The standard InChI is InChI=1S/C15H27NO/c1-2-3-4-5-6-7-8-9-10-11-12-13-14-16-15-17/h10-13,15H,2-9,14H2,1H3,(H,16,17). The largest absolute Gasteiger partial charge is 0.355 e. The Morgan fingerprint density at radius 1 is 0.882 bits per heavy atom. The fourth-order valence-corrected chi connectivity index (χ4v) is 1.66. The van der Waals surface area contributed by atoms with Crippen LogP contribution in [0.2, 0.25) is 0 Å². The second-order valence-corrected chi connectivity index (χ2v) is 4.29. The Balaban J connectivity index is 3.13. The summed E-state index contributed by atoms with van der Waals surface area (Å²) in [5.41, 5.74) is 0. The molecule has 0 aliphatic carbocycles. The maximum atomic E-state index is 9.94. The van der Waals surface area contributed by atoms with Crippen molar-refractivity contribution in [2.24, 2.45) is 0 Å². The number of nitrogens with one attached hydrogen (secondary N) is 1. The zero-order valence-electron chi connectivity index (χ0n) is 11.2. The highest BCUT2D eigenvalue weighted by Gasteiger charge is 1.88. The minimum atomic E-state index is 0.616. The van der Waals surface area contributed by atoms with Crippen molar-refractivity contribution in [3.63, 3.8) is 0 Å². The molecule has 2 nitrogen and oxygen atoms in total. The van der Waals surface area contributed by atoms with Crippen LogP contribution in [0.15, 0.2) is 24.3 Å². The summed E-state index contributed by atoms with van der Waals surface area (Å²) in [5, 5.41) is 2.58. The van der Waals surface area contributed by atoms with Gasteiger partial charge in [-0.25, -0.2) is 0 Å². The number of unbranched alkanes of at least 4 members (excludes halogenated alkanes) is 7. The lowest BCUT2D eigenvalue weighted by molar-refractivity contribution is -0.109. The zero-order valence-corrected chi connectivity index (χ0v) is 11.2. The quantitative estimate of drug-likeness (QED) is 0.310. The first-order valence-electron chi connectivity index (χ1n) is 6.90. The van der Waals surface area contributed by atoms with Crippen LogP contribution >= 0.6 is 0 Å². The average molecular weight is 237 g/mol. The number of allylic oxidation sites excluding steroid dienone is 3. The smallest absolute Gasteiger partial charge is 0.207 e. The third kappa shape index (κ3) is 14.9. The second kappa shape index (κ2) is 14.9. The van der Waals surface area contributed by atoms with E-state index in [9.17, 15) is 4.79 Å². The predicted octanol–water partition coefficient (Wildman–Crippen LogP) is 3.99. The van der Waals surface area contributed by atoms with Crippen molar-refractivity contribution in [3.8, 4) is 0 Å². The van der Waals surface area contributed by atoms with Crippen LogP contribution in [0.25, 0.3) is 0 Å². The number of carbonyl (C=O) groups is 1. The van der Waals surface area contributed by atoms with Crippen LogP contribution in [-0.2, 0) is 4.79 Å². The highest BCUT2D eigenvalue weighted by atomic mass is 16.1. The van der Waals surface area contributed by atoms with Gasteiger partial charge >= 0.3 is 0 Å². The molecule has 0 aromatic heterocycles. The van der Waals surface area contributed by atoms with Gasteiger partial charge in [0.2, 0.25) is 6.41 Å². The summed E-state index contributed by atoms with van der Waals surface area (Å²) in [4.78, 5) is 9.94. The zero-order chi connectivity index (χ0) is 12.6. The van der Waals surface area contributed by atoms with Gasteiger partial charge in [0.1, 0.15) is 0 Å². The van der Waals surface area contributed by atoms with Gasteiger partial charge in [-0.15, -0.1) is 0 Å². The van der Waals surface area contributed by atoms with Crippen LogP contribution in [-0.4, -0.2) is 13.0 Å². The van der Waals surface area contributed by atoms with E-state index in [-0.39, 0.29) is 0 Å². The molecule has 0 aromatic rings. The molecule has 1 N–H and O–H groups in total. The van der Waals surface area contributed by atoms with Crippen molar-refractivity contribution in [2.45, 2.75) is 58.3 Å². The Morgan fingerprint density at radius 3 is 2.24 bits per heavy atom. The van der Waals surface area contributed by atoms with E-state index >= 15 is 0 Å². The molecule has 0 radical (unpaired) electrons. The van der Waals surface area contributed by atoms with Gasteiger partial charge in [-0.1, -0.05) is 69.8 Å². The molecule has 0 unspecified atom stereocenters. The molecule has 0 heterocycles. The third-order valence-electron chi connectivity index (χ3n) is 2.68. The molecule has 0 spiro atoms. The predicted molar refractivity (Wildman–Crippen MR) is 75.0 cm³/mol. The number of hydrogen-bond donors (Lipinski definition) is 1. The minimum absolute atomic E-state index is 0.616. The van der Waals surface area contributed by atoms with Gasteiger partial charge in [0.25, 0.3) is 0 Å². The van der Waals surface area contributed by atoms with Crippen molar-refractivity contribution < 1.29 is 4.79 Å². The van der Waals surface area contributed by atoms with E-state index in [2.05, 4.69) is 24.4 Å². The Labute approximate surface area is 106 Å². The van der Waals surface area contributed by atoms with Crippen molar-refractivity contribution >= 4 is 6.41 Å². The minimum Gasteiger partial charge on any atom is -0.355 e. The summed E-state index contributed by atoms with van der Waals surface area (Å²) in [7, 11) is 0. The molecule has 0 saturated heterocycles. The fraction of sp³-hybridized carbons (Fsp3) is 0.667. The van der Waals surface area contributed by atoms with Crippen LogP contribution in [0, 0.1) is 0 Å². The monoisotopic (exact) mass is 237 g/mol. The van der Waals surface area contributed by atoms with E-state index in [4.69, 9.17) is 0 Å². The molecule has 2 heteroatoms. The summed E-state index contributed by atoms with van der Waals surface area (Å²) in [5.74, 6) is 0. The maximum absolute atomic E-state index is 9.94. The first-order chi connectivity index (χ1) is 8.41. The Bertz CT molecular complexity index is 209. The number of amides is 1. The van der Waals surface area contributed by atoms with Gasteiger partial charge < -0.3 is 5.32 Å². The number of hydrogen-bond acceptors (Lipinski definition) is 1. The molecule has 0 fully saturated rings. The SMILES string of the molecule is CCCCCCCCCC=CC=CCNC=O. The summed E-state index contributed by atoms with van der Waals surface area (Å²) in [6.07, 6.45) is 19.6. The molecule has 0 aliphatic rings. The van der Waals surface area contributed by atoms with E-state index < -0.39 is 0 Å². The molecular formula is C15H27NO. The van der Waals surface area contributed by atoms with Gasteiger partial charge in [-0.3, -0.25) is 4.79 Å². The highest BCUT2D eigenvalue weighted by Crippen LogP contribution is 2.08. The molecule has 0 aromatic carbocycles. The Morgan fingerprint density at radius 2 is 1.53 bits per heavy atom. The Hall–Kier alpha value is -1.05. The van der Waals surface area contributed by atoms with Crippen LogP contribution in [0.1, 0.15) is 58.3 Å². The van der Waals surface area contributed by atoms with Crippen LogP contribution in [0.4, 0.5) is 0 Å². The lowest BCUT2D eigenvalue weighted by atomic mass is 10.1. The first kappa shape index (κ1) is 16.0. The molecule has 0 saturated carbocycles. The average Bonchev–Trinajstić information content (AvgIpc) is 2.35. The summed E-state index contributed by atoms with van der Waals surface area (Å²) < 4.78 is 0. The van der Waals surface area contributed by atoms with Gasteiger partial charge in [-0.2, -0.15) is 0 Å². The fourth-order valence-electron chi connectivity index (χ4n) is 1.66. The molecule has 0 aliphatic heterocycles. The van der Waals surface area contributed by atoms with E-state index in [1.165, 1.54) is 51.4 Å². The topological polar surface area (TPSA) is 29.1 Å². The van der Waals surface area contributed by atoms with Crippen LogP contribution in [0.3, 0.4) is 0 Å². The molecule has 0 atom stereocenters. The summed E-state index contributed by atoms with van der Waals surface area (Å²) in [6, 6.07) is 0. The highest BCUT2D eigenvalue weighted by molar-refractivity contribution is 5.46. The van der Waals surface area contributed by atoms with E-state index in [0.717, 1.165) is 0 Å². The summed E-state index contributed by atoms with van der Waals surface area (Å²) >= 11 is 0. The van der Waals surface area contributed by atoms with Crippen molar-refractivity contribution in [3.05, 3.63) is 24.3 Å².